The maximum atomic E-state index is 12.2. The minimum absolute atomic E-state index is 0.0116. The van der Waals surface area contributed by atoms with Gasteiger partial charge in [0.15, 0.2) is 0 Å². The maximum Gasteiger partial charge on any atom is 0.268 e. The van der Waals surface area contributed by atoms with Crippen molar-refractivity contribution in [2.24, 2.45) is 0 Å². The third kappa shape index (κ3) is 1.84. The lowest BCUT2D eigenvalue weighted by Crippen LogP contribution is -1.98. The zero-order valence-electron chi connectivity index (χ0n) is 5.69. The largest absolute Gasteiger partial charge is 0.398 e. The Morgan fingerprint density at radius 2 is 2.17 bits per heavy atom. The van der Waals surface area contributed by atoms with Gasteiger partial charge >= 0.3 is 0 Å². The number of nitrogen functional groups attached to an aromatic ring is 1. The van der Waals surface area contributed by atoms with Crippen LogP contribution in [0.1, 0.15) is 12.0 Å². The molecule has 1 heterocycles. The van der Waals surface area contributed by atoms with Gasteiger partial charge in [-0.2, -0.15) is 0 Å². The molecule has 0 fully saturated rings. The summed E-state index contributed by atoms with van der Waals surface area (Å²) in [5, 5.41) is 0.0868. The lowest BCUT2D eigenvalue weighted by atomic mass is 10.2. The summed E-state index contributed by atoms with van der Waals surface area (Å²) in [7, 11) is 0. The van der Waals surface area contributed by atoms with Crippen LogP contribution in [0.15, 0.2) is 10.7 Å². The quantitative estimate of drug-likeness (QED) is 0.786. The minimum atomic E-state index is -2.65. The van der Waals surface area contributed by atoms with Gasteiger partial charge in [0.05, 0.1) is 5.56 Å². The number of alkyl halides is 2. The van der Waals surface area contributed by atoms with Gasteiger partial charge in [-0.1, -0.05) is 11.6 Å². The fourth-order valence-electron chi connectivity index (χ4n) is 0.727. The fraction of sp³-hybridized carbons (Fsp3) is 0.167. The van der Waals surface area contributed by atoms with Gasteiger partial charge in [0.2, 0.25) is 0 Å². The molecule has 2 N–H and O–H groups in total. The van der Waals surface area contributed by atoms with E-state index in [1.807, 2.05) is 0 Å². The van der Waals surface area contributed by atoms with Crippen LogP contribution in [0.3, 0.4) is 0 Å². The van der Waals surface area contributed by atoms with Gasteiger partial charge in [-0.3, -0.25) is 0 Å². The van der Waals surface area contributed by atoms with Gasteiger partial charge < -0.3 is 5.73 Å². The van der Waals surface area contributed by atoms with Crippen molar-refractivity contribution in [3.8, 4) is 0 Å². The average molecular weight is 257 g/mol. The molecule has 0 unspecified atom stereocenters. The molecule has 0 atom stereocenters. The molecule has 0 radical (unpaired) electrons. The number of halogens is 4. The van der Waals surface area contributed by atoms with Gasteiger partial charge in [-0.05, 0) is 22.0 Å². The zero-order chi connectivity index (χ0) is 9.30. The Labute approximate surface area is 80.9 Å². The zero-order valence-corrected chi connectivity index (χ0v) is 8.03. The second kappa shape index (κ2) is 3.53. The van der Waals surface area contributed by atoms with Crippen molar-refractivity contribution < 1.29 is 8.78 Å². The molecule has 0 aliphatic rings. The van der Waals surface area contributed by atoms with E-state index in [0.717, 1.165) is 0 Å². The molecular formula is C6H4BrClF2N2. The molecule has 2 nitrogen and oxygen atoms in total. The van der Waals surface area contributed by atoms with Gasteiger partial charge in [-0.25, -0.2) is 13.8 Å². The molecule has 0 aromatic carbocycles. The van der Waals surface area contributed by atoms with Crippen molar-refractivity contribution in [1.29, 1.82) is 0 Å². The number of nitrogens with two attached hydrogens (primary N) is 1. The summed E-state index contributed by atoms with van der Waals surface area (Å²) >= 11 is 8.30. The normalized spacial score (nSPS) is 10.8. The molecule has 1 aromatic heterocycles. The molecule has 6 heteroatoms. The van der Waals surface area contributed by atoms with E-state index in [9.17, 15) is 8.78 Å². The third-order valence-corrected chi connectivity index (χ3v) is 2.03. The fourth-order valence-corrected chi connectivity index (χ4v) is 1.62. The van der Waals surface area contributed by atoms with Gasteiger partial charge in [-0.15, -0.1) is 0 Å². The Kier molecular flexibility index (Phi) is 2.85. The second-order valence-electron chi connectivity index (χ2n) is 2.04. The Morgan fingerprint density at radius 1 is 1.58 bits per heavy atom. The first-order valence-electron chi connectivity index (χ1n) is 2.92. The minimum Gasteiger partial charge on any atom is -0.398 e. The van der Waals surface area contributed by atoms with Crippen LogP contribution >= 0.6 is 27.5 Å². The van der Waals surface area contributed by atoms with Crippen LogP contribution < -0.4 is 5.73 Å². The monoisotopic (exact) mass is 256 g/mol. The molecule has 0 aliphatic heterocycles. The summed E-state index contributed by atoms with van der Waals surface area (Å²) in [5.74, 6) is 0. The van der Waals surface area contributed by atoms with E-state index in [-0.39, 0.29) is 21.0 Å². The highest BCUT2D eigenvalue weighted by molar-refractivity contribution is 9.10. The van der Waals surface area contributed by atoms with Crippen molar-refractivity contribution in [2.75, 3.05) is 5.73 Å². The molecule has 1 aromatic rings. The number of aromatic nitrogens is 1. The van der Waals surface area contributed by atoms with E-state index in [1.54, 1.807) is 0 Å². The standard InChI is InChI=1S/C6H4BrClF2N2/c7-5-4(6(9)10)2(11)1-3(8)12-5/h1,6H,(H2,11,12). The highest BCUT2D eigenvalue weighted by Crippen LogP contribution is 2.32. The predicted molar refractivity (Wildman–Crippen MR) is 46.3 cm³/mol. The summed E-state index contributed by atoms with van der Waals surface area (Å²) in [6, 6.07) is 1.19. The molecule has 0 saturated heterocycles. The molecule has 0 bridgehead atoms. The summed E-state index contributed by atoms with van der Waals surface area (Å²) in [6.45, 7) is 0. The molecule has 0 amide bonds. The molecule has 12 heavy (non-hydrogen) atoms. The van der Waals surface area contributed by atoms with Crippen molar-refractivity contribution >= 4 is 33.2 Å². The first-order chi connectivity index (χ1) is 5.52. The number of pyridine rings is 1. The second-order valence-corrected chi connectivity index (χ2v) is 3.18. The van der Waals surface area contributed by atoms with Crippen LogP contribution in [0.25, 0.3) is 0 Å². The summed E-state index contributed by atoms with van der Waals surface area (Å²) in [6.07, 6.45) is -2.65. The highest BCUT2D eigenvalue weighted by atomic mass is 79.9. The number of hydrogen-bond donors (Lipinski definition) is 1. The van der Waals surface area contributed by atoms with Crippen LogP contribution in [-0.4, -0.2) is 4.98 Å². The predicted octanol–water partition coefficient (Wildman–Crippen LogP) is 3.02. The van der Waals surface area contributed by atoms with Gasteiger partial charge in [0.25, 0.3) is 6.43 Å². The van der Waals surface area contributed by atoms with Gasteiger partial charge in [0, 0.05) is 5.69 Å². The Morgan fingerprint density at radius 3 is 2.58 bits per heavy atom. The lowest BCUT2D eigenvalue weighted by Gasteiger charge is -2.05. The molecule has 0 saturated carbocycles. The molecular weight excluding hydrogens is 253 g/mol. The van der Waals surface area contributed by atoms with Crippen molar-refractivity contribution in [1.82, 2.24) is 4.98 Å². The van der Waals surface area contributed by atoms with Gasteiger partial charge in [0.1, 0.15) is 9.76 Å². The van der Waals surface area contributed by atoms with Crippen molar-refractivity contribution in [3.63, 3.8) is 0 Å². The van der Waals surface area contributed by atoms with E-state index in [4.69, 9.17) is 17.3 Å². The van der Waals surface area contributed by atoms with Crippen molar-refractivity contribution in [2.45, 2.75) is 6.43 Å². The topological polar surface area (TPSA) is 38.9 Å². The van der Waals surface area contributed by atoms with Crippen LogP contribution in [0, 0.1) is 0 Å². The Balaban J connectivity index is 3.28. The number of anilines is 1. The maximum absolute atomic E-state index is 12.2. The summed E-state index contributed by atoms with van der Waals surface area (Å²) < 4.78 is 24.4. The molecule has 0 aliphatic carbocycles. The van der Waals surface area contributed by atoms with E-state index >= 15 is 0 Å². The first kappa shape index (κ1) is 9.67. The van der Waals surface area contributed by atoms with Crippen LogP contribution in [0.4, 0.5) is 14.5 Å². The first-order valence-corrected chi connectivity index (χ1v) is 4.09. The highest BCUT2D eigenvalue weighted by Gasteiger charge is 2.17. The smallest absolute Gasteiger partial charge is 0.268 e. The van der Waals surface area contributed by atoms with E-state index < -0.39 is 6.43 Å². The Hall–Kier alpha value is -0.420. The average Bonchev–Trinajstić information content (AvgIpc) is 1.82. The van der Waals surface area contributed by atoms with Crippen LogP contribution in [-0.2, 0) is 0 Å². The van der Waals surface area contributed by atoms with E-state index in [1.165, 1.54) is 6.07 Å². The van der Waals surface area contributed by atoms with Crippen LogP contribution in [0.2, 0.25) is 5.15 Å². The van der Waals surface area contributed by atoms with E-state index in [2.05, 4.69) is 20.9 Å². The van der Waals surface area contributed by atoms with Crippen molar-refractivity contribution in [3.05, 3.63) is 21.4 Å². The number of nitrogens with zero attached hydrogens (tertiary/aromatic N) is 1. The summed E-state index contributed by atoms with van der Waals surface area (Å²) in [4.78, 5) is 3.58. The molecule has 1 rings (SSSR count). The Bertz CT molecular complexity index is 283. The molecule has 66 valence electrons. The third-order valence-electron chi connectivity index (χ3n) is 1.23. The summed E-state index contributed by atoms with van der Waals surface area (Å²) in [5.41, 5.74) is 4.91. The van der Waals surface area contributed by atoms with Crippen LogP contribution in [0.5, 0.6) is 0 Å². The molecule has 0 spiro atoms. The SMILES string of the molecule is Nc1cc(Cl)nc(Br)c1C(F)F. The number of rotatable bonds is 1. The lowest BCUT2D eigenvalue weighted by molar-refractivity contribution is 0.151. The number of hydrogen-bond acceptors (Lipinski definition) is 2. The van der Waals surface area contributed by atoms with E-state index in [0.29, 0.717) is 0 Å².